The second-order valence-electron chi connectivity index (χ2n) is 8.42. The summed E-state index contributed by atoms with van der Waals surface area (Å²) in [5.41, 5.74) is 0. The fraction of sp³-hybridized carbons (Fsp3) is 0.810. The molecule has 0 saturated carbocycles. The third-order valence-corrected chi connectivity index (χ3v) is 6.39. The number of likely N-dealkylation sites (tertiary alicyclic amines) is 2. The van der Waals surface area contributed by atoms with Crippen LogP contribution >= 0.6 is 0 Å². The molecule has 3 rings (SSSR count). The predicted molar refractivity (Wildman–Crippen MR) is 112 cm³/mol. The van der Waals surface area contributed by atoms with E-state index in [4.69, 9.17) is 4.99 Å². The fourth-order valence-corrected chi connectivity index (χ4v) is 4.62. The van der Waals surface area contributed by atoms with E-state index in [0.29, 0.717) is 24.0 Å². The molecule has 2 aliphatic rings. The van der Waals surface area contributed by atoms with Gasteiger partial charge >= 0.3 is 0 Å². The molecule has 4 atom stereocenters. The van der Waals surface area contributed by atoms with Gasteiger partial charge in [-0.05, 0) is 52.5 Å². The van der Waals surface area contributed by atoms with Crippen molar-refractivity contribution in [3.05, 3.63) is 18.7 Å². The molecule has 0 aromatic carbocycles. The maximum Gasteiger partial charge on any atom is 0.194 e. The van der Waals surface area contributed by atoms with Crippen LogP contribution in [0.1, 0.15) is 59.4 Å². The summed E-state index contributed by atoms with van der Waals surface area (Å²) in [4.78, 5) is 14.4. The Morgan fingerprint density at radius 3 is 2.81 bits per heavy atom. The number of nitrogens with one attached hydrogen (secondary N) is 1. The van der Waals surface area contributed by atoms with Crippen LogP contribution in [0.5, 0.6) is 0 Å². The van der Waals surface area contributed by atoms with Gasteiger partial charge in [0.15, 0.2) is 5.96 Å². The second kappa shape index (κ2) is 9.58. The quantitative estimate of drug-likeness (QED) is 0.636. The van der Waals surface area contributed by atoms with Crippen molar-refractivity contribution in [3.8, 4) is 0 Å². The van der Waals surface area contributed by atoms with E-state index in [1.165, 1.54) is 32.2 Å². The van der Waals surface area contributed by atoms with Crippen molar-refractivity contribution in [2.24, 2.45) is 10.9 Å². The molecule has 0 bridgehead atoms. The zero-order chi connectivity index (χ0) is 19.2. The lowest BCUT2D eigenvalue weighted by Gasteiger charge is -2.40. The molecule has 0 radical (unpaired) electrons. The Balaban J connectivity index is 1.65. The van der Waals surface area contributed by atoms with E-state index in [9.17, 15) is 0 Å². The summed E-state index contributed by atoms with van der Waals surface area (Å²) in [7, 11) is 0. The predicted octanol–water partition coefficient (Wildman–Crippen LogP) is 2.99. The van der Waals surface area contributed by atoms with E-state index in [2.05, 4.69) is 58.6 Å². The van der Waals surface area contributed by atoms with Gasteiger partial charge in [0.1, 0.15) is 0 Å². The summed E-state index contributed by atoms with van der Waals surface area (Å²) < 4.78 is 2.26. The van der Waals surface area contributed by atoms with Gasteiger partial charge in [0.05, 0.1) is 18.9 Å². The van der Waals surface area contributed by atoms with Crippen molar-refractivity contribution in [3.63, 3.8) is 0 Å². The van der Waals surface area contributed by atoms with Crippen LogP contribution in [0, 0.1) is 5.92 Å². The molecule has 27 heavy (non-hydrogen) atoms. The number of hydrogen-bond donors (Lipinski definition) is 1. The normalized spacial score (nSPS) is 29.0. The number of imidazole rings is 1. The highest BCUT2D eigenvalue weighted by molar-refractivity contribution is 5.80. The van der Waals surface area contributed by atoms with Crippen LogP contribution in [-0.4, -0.2) is 70.1 Å². The van der Waals surface area contributed by atoms with Crippen LogP contribution < -0.4 is 5.32 Å². The van der Waals surface area contributed by atoms with Crippen molar-refractivity contribution in [1.82, 2.24) is 24.7 Å². The van der Waals surface area contributed by atoms with E-state index in [0.717, 1.165) is 32.1 Å². The van der Waals surface area contributed by atoms with E-state index >= 15 is 0 Å². The molecule has 2 fully saturated rings. The molecule has 152 valence electrons. The first-order valence-corrected chi connectivity index (χ1v) is 10.9. The maximum atomic E-state index is 5.05. The van der Waals surface area contributed by atoms with Crippen molar-refractivity contribution < 1.29 is 0 Å². The first-order chi connectivity index (χ1) is 13.1. The summed E-state index contributed by atoms with van der Waals surface area (Å²) in [6.07, 6.45) is 11.1. The highest BCUT2D eigenvalue weighted by Gasteiger charge is 2.29. The van der Waals surface area contributed by atoms with Crippen LogP contribution in [0.15, 0.2) is 23.7 Å². The van der Waals surface area contributed by atoms with Gasteiger partial charge < -0.3 is 14.8 Å². The molecule has 6 nitrogen and oxygen atoms in total. The van der Waals surface area contributed by atoms with E-state index < -0.39 is 0 Å². The van der Waals surface area contributed by atoms with Gasteiger partial charge in [-0.3, -0.25) is 9.89 Å². The molecule has 0 aliphatic carbocycles. The first kappa shape index (κ1) is 20.2. The van der Waals surface area contributed by atoms with Gasteiger partial charge in [0.2, 0.25) is 0 Å². The van der Waals surface area contributed by atoms with Crippen LogP contribution in [0.25, 0.3) is 0 Å². The average molecular weight is 375 g/mol. The molecule has 2 saturated heterocycles. The molecule has 0 spiro atoms. The van der Waals surface area contributed by atoms with Gasteiger partial charge in [0, 0.05) is 44.1 Å². The molecule has 3 heterocycles. The standard InChI is InChI=1S/C21H38N6/c1-5-23-21(24-14-19(4)27-11-7-6-8-18(27)3)25-12-9-17(2)20(15-25)26-13-10-22-16-26/h10,13,16-20H,5-9,11-12,14-15H2,1-4H3,(H,23,24). The minimum absolute atomic E-state index is 0.463. The maximum absolute atomic E-state index is 5.05. The fourth-order valence-electron chi connectivity index (χ4n) is 4.62. The third kappa shape index (κ3) is 5.03. The summed E-state index contributed by atoms with van der Waals surface area (Å²) in [6, 6.07) is 1.65. The largest absolute Gasteiger partial charge is 0.357 e. The first-order valence-electron chi connectivity index (χ1n) is 10.9. The summed E-state index contributed by atoms with van der Waals surface area (Å²) in [5, 5.41) is 3.54. The zero-order valence-electron chi connectivity index (χ0n) is 17.6. The molecule has 4 unspecified atom stereocenters. The van der Waals surface area contributed by atoms with E-state index in [1.807, 2.05) is 12.5 Å². The Morgan fingerprint density at radius 2 is 2.11 bits per heavy atom. The molecule has 1 aromatic heterocycles. The van der Waals surface area contributed by atoms with Crippen molar-refractivity contribution in [2.75, 3.05) is 32.7 Å². The van der Waals surface area contributed by atoms with E-state index in [1.54, 1.807) is 0 Å². The van der Waals surface area contributed by atoms with Gasteiger partial charge in [-0.15, -0.1) is 0 Å². The molecular formula is C21H38N6. The topological polar surface area (TPSA) is 48.7 Å². The number of guanidine groups is 1. The van der Waals surface area contributed by atoms with Crippen LogP contribution in [0.2, 0.25) is 0 Å². The van der Waals surface area contributed by atoms with Crippen LogP contribution in [0.3, 0.4) is 0 Å². The Labute approximate surface area is 165 Å². The highest BCUT2D eigenvalue weighted by Crippen LogP contribution is 2.27. The zero-order valence-corrected chi connectivity index (χ0v) is 17.6. The average Bonchev–Trinajstić information content (AvgIpc) is 3.20. The molecular weight excluding hydrogens is 336 g/mol. The molecule has 1 aromatic rings. The Morgan fingerprint density at radius 1 is 1.26 bits per heavy atom. The Hall–Kier alpha value is -1.56. The van der Waals surface area contributed by atoms with Crippen molar-refractivity contribution in [2.45, 2.75) is 71.5 Å². The summed E-state index contributed by atoms with van der Waals surface area (Å²) in [5.74, 6) is 1.73. The van der Waals surface area contributed by atoms with Crippen LogP contribution in [-0.2, 0) is 0 Å². The second-order valence-corrected chi connectivity index (χ2v) is 8.42. The van der Waals surface area contributed by atoms with Gasteiger partial charge in [-0.1, -0.05) is 13.3 Å². The minimum Gasteiger partial charge on any atom is -0.357 e. The number of hydrogen-bond acceptors (Lipinski definition) is 3. The SMILES string of the molecule is CCNC(=NCC(C)N1CCCCC1C)N1CCC(C)C(n2ccnc2)C1. The van der Waals surface area contributed by atoms with Gasteiger partial charge in [-0.2, -0.15) is 0 Å². The Kier molecular flexibility index (Phi) is 7.16. The molecule has 0 amide bonds. The summed E-state index contributed by atoms with van der Waals surface area (Å²) >= 11 is 0. The number of aliphatic imine (C=N–C) groups is 1. The van der Waals surface area contributed by atoms with Crippen molar-refractivity contribution in [1.29, 1.82) is 0 Å². The highest BCUT2D eigenvalue weighted by atomic mass is 15.3. The van der Waals surface area contributed by atoms with Crippen molar-refractivity contribution >= 4 is 5.96 Å². The molecule has 1 N–H and O–H groups in total. The lowest BCUT2D eigenvalue weighted by Crippen LogP contribution is -2.50. The number of aromatic nitrogens is 2. The lowest BCUT2D eigenvalue weighted by molar-refractivity contribution is 0.118. The number of piperidine rings is 2. The summed E-state index contributed by atoms with van der Waals surface area (Å²) in [6.45, 7) is 14.3. The smallest absolute Gasteiger partial charge is 0.194 e. The number of rotatable bonds is 5. The molecule has 6 heteroatoms. The number of nitrogens with zero attached hydrogens (tertiary/aromatic N) is 5. The Bertz CT molecular complexity index is 584. The van der Waals surface area contributed by atoms with Gasteiger partial charge in [-0.25, -0.2) is 4.98 Å². The lowest BCUT2D eigenvalue weighted by atomic mass is 9.93. The van der Waals surface area contributed by atoms with Crippen LogP contribution in [0.4, 0.5) is 0 Å². The van der Waals surface area contributed by atoms with Gasteiger partial charge in [0.25, 0.3) is 0 Å². The van der Waals surface area contributed by atoms with E-state index in [-0.39, 0.29) is 0 Å². The minimum atomic E-state index is 0.463. The monoisotopic (exact) mass is 374 g/mol. The third-order valence-electron chi connectivity index (χ3n) is 6.39. The molecule has 2 aliphatic heterocycles.